The topological polar surface area (TPSA) is 55.6 Å². The Bertz CT molecular complexity index is 560. The van der Waals surface area contributed by atoms with E-state index in [2.05, 4.69) is 10.5 Å². The van der Waals surface area contributed by atoms with Gasteiger partial charge in [0.1, 0.15) is 11.3 Å². The number of carbonyl (C=O) groups is 1. The van der Waals surface area contributed by atoms with Gasteiger partial charge in [0.2, 0.25) is 0 Å². The number of aromatic nitrogens is 2. The van der Waals surface area contributed by atoms with E-state index in [4.69, 9.17) is 4.84 Å². The second kappa shape index (κ2) is 5.18. The van der Waals surface area contributed by atoms with Gasteiger partial charge in [0.25, 0.3) is 5.91 Å². The van der Waals surface area contributed by atoms with Crippen LogP contribution in [-0.2, 0) is 4.84 Å². The van der Waals surface area contributed by atoms with Gasteiger partial charge in [-0.3, -0.25) is 9.63 Å². The average molecular weight is 247 g/mol. The highest BCUT2D eigenvalue weighted by atomic mass is 16.6. The van der Waals surface area contributed by atoms with E-state index < -0.39 is 0 Å². The maximum Gasteiger partial charge on any atom is 0.295 e. The van der Waals surface area contributed by atoms with Crippen LogP contribution in [-0.4, -0.2) is 21.9 Å². The fourth-order valence-electron chi connectivity index (χ4n) is 1.58. The highest BCUT2D eigenvalue weighted by Crippen LogP contribution is 2.08. The largest absolute Gasteiger partial charge is 0.304 e. The Morgan fingerprint density at radius 2 is 2.28 bits per heavy atom. The zero-order chi connectivity index (χ0) is 13.1. The molecule has 5 nitrogen and oxygen atoms in total. The van der Waals surface area contributed by atoms with Gasteiger partial charge in [-0.05, 0) is 25.0 Å². The van der Waals surface area contributed by atoms with Crippen LogP contribution in [0.2, 0.25) is 0 Å². The molecule has 1 amide bonds. The number of nitrogens with zero attached hydrogens (tertiary/aromatic N) is 2. The smallest absolute Gasteiger partial charge is 0.295 e. The molecule has 0 fully saturated rings. The number of pyridine rings is 1. The van der Waals surface area contributed by atoms with Crippen molar-refractivity contribution in [2.24, 2.45) is 5.92 Å². The van der Waals surface area contributed by atoms with E-state index in [0.29, 0.717) is 18.2 Å². The molecular formula is C13H17N3O2. The number of carbonyl (C=O) groups excluding carboxylic acids is 1. The average Bonchev–Trinajstić information content (AvgIpc) is 2.74. The standard InChI is InChI=1S/C13H17N3O2/c1-9(2)8-18-15-13(17)11-7-16-10(3)5-4-6-12(16)14-11/h4-7,9H,8H2,1-3H3,(H,15,17). The molecule has 0 aromatic carbocycles. The minimum Gasteiger partial charge on any atom is -0.304 e. The summed E-state index contributed by atoms with van der Waals surface area (Å²) >= 11 is 0. The van der Waals surface area contributed by atoms with E-state index >= 15 is 0 Å². The molecule has 96 valence electrons. The van der Waals surface area contributed by atoms with E-state index in [9.17, 15) is 4.79 Å². The lowest BCUT2D eigenvalue weighted by Crippen LogP contribution is -2.25. The Hall–Kier alpha value is -1.88. The van der Waals surface area contributed by atoms with Crippen molar-refractivity contribution in [3.05, 3.63) is 35.8 Å². The summed E-state index contributed by atoms with van der Waals surface area (Å²) in [6.45, 7) is 6.48. The van der Waals surface area contributed by atoms with Gasteiger partial charge >= 0.3 is 0 Å². The number of fused-ring (bicyclic) bond motifs is 1. The molecule has 0 aliphatic rings. The molecule has 0 aliphatic heterocycles. The van der Waals surface area contributed by atoms with Crippen molar-refractivity contribution >= 4 is 11.6 Å². The first-order valence-corrected chi connectivity index (χ1v) is 5.95. The summed E-state index contributed by atoms with van der Waals surface area (Å²) in [7, 11) is 0. The van der Waals surface area contributed by atoms with Gasteiger partial charge < -0.3 is 4.40 Å². The molecule has 2 aromatic heterocycles. The molecule has 2 rings (SSSR count). The first kappa shape index (κ1) is 12.6. The minimum absolute atomic E-state index is 0.321. The highest BCUT2D eigenvalue weighted by Gasteiger charge is 2.11. The minimum atomic E-state index is -0.321. The molecule has 0 radical (unpaired) electrons. The Labute approximate surface area is 106 Å². The maximum atomic E-state index is 11.8. The van der Waals surface area contributed by atoms with Crippen molar-refractivity contribution in [3.8, 4) is 0 Å². The number of amides is 1. The van der Waals surface area contributed by atoms with Crippen LogP contribution in [0.25, 0.3) is 5.65 Å². The molecule has 0 aliphatic carbocycles. The van der Waals surface area contributed by atoms with Crippen LogP contribution in [0.3, 0.4) is 0 Å². The van der Waals surface area contributed by atoms with Crippen molar-refractivity contribution in [1.29, 1.82) is 0 Å². The number of hydrogen-bond donors (Lipinski definition) is 1. The number of aryl methyl sites for hydroxylation is 1. The molecule has 0 unspecified atom stereocenters. The van der Waals surface area contributed by atoms with Crippen molar-refractivity contribution in [1.82, 2.24) is 14.9 Å². The molecule has 2 aromatic rings. The zero-order valence-electron chi connectivity index (χ0n) is 10.8. The molecule has 2 heterocycles. The summed E-state index contributed by atoms with van der Waals surface area (Å²) in [5.41, 5.74) is 4.53. The third kappa shape index (κ3) is 2.68. The number of hydrogen-bond acceptors (Lipinski definition) is 3. The monoisotopic (exact) mass is 247 g/mol. The predicted molar refractivity (Wildman–Crippen MR) is 68.2 cm³/mol. The van der Waals surface area contributed by atoms with Crippen molar-refractivity contribution in [3.63, 3.8) is 0 Å². The SMILES string of the molecule is Cc1cccc2nc(C(=O)NOCC(C)C)cn12. The van der Waals surface area contributed by atoms with E-state index in [1.165, 1.54) is 0 Å². The quantitative estimate of drug-likeness (QED) is 0.840. The fraction of sp³-hybridized carbons (Fsp3) is 0.385. The second-order valence-electron chi connectivity index (χ2n) is 4.66. The molecular weight excluding hydrogens is 230 g/mol. The van der Waals surface area contributed by atoms with E-state index in [-0.39, 0.29) is 5.91 Å². The van der Waals surface area contributed by atoms with Gasteiger partial charge in [-0.25, -0.2) is 10.5 Å². The summed E-state index contributed by atoms with van der Waals surface area (Å²) in [6.07, 6.45) is 1.71. The zero-order valence-corrected chi connectivity index (χ0v) is 10.8. The highest BCUT2D eigenvalue weighted by molar-refractivity contribution is 5.92. The Kier molecular flexibility index (Phi) is 3.62. The van der Waals surface area contributed by atoms with Gasteiger partial charge in [0.05, 0.1) is 6.61 Å². The third-order valence-electron chi connectivity index (χ3n) is 2.51. The first-order chi connectivity index (χ1) is 8.58. The lowest BCUT2D eigenvalue weighted by Gasteiger charge is -2.05. The molecule has 18 heavy (non-hydrogen) atoms. The van der Waals surface area contributed by atoms with Crippen LogP contribution in [0.1, 0.15) is 30.0 Å². The molecule has 0 bridgehead atoms. The van der Waals surface area contributed by atoms with Gasteiger partial charge in [0, 0.05) is 11.9 Å². The third-order valence-corrected chi connectivity index (χ3v) is 2.51. The number of rotatable bonds is 4. The van der Waals surface area contributed by atoms with E-state index in [1.54, 1.807) is 6.20 Å². The van der Waals surface area contributed by atoms with Crippen molar-refractivity contribution in [2.45, 2.75) is 20.8 Å². The van der Waals surface area contributed by atoms with Gasteiger partial charge in [-0.15, -0.1) is 0 Å². The summed E-state index contributed by atoms with van der Waals surface area (Å²) in [6, 6.07) is 5.74. The lowest BCUT2D eigenvalue weighted by molar-refractivity contribution is 0.0205. The number of imidazole rings is 1. The first-order valence-electron chi connectivity index (χ1n) is 5.95. The van der Waals surface area contributed by atoms with E-state index in [1.807, 2.05) is 43.4 Å². The van der Waals surface area contributed by atoms with Crippen LogP contribution in [0.5, 0.6) is 0 Å². The molecule has 5 heteroatoms. The predicted octanol–water partition coefficient (Wildman–Crippen LogP) is 1.96. The van der Waals surface area contributed by atoms with Gasteiger partial charge in [-0.2, -0.15) is 0 Å². The van der Waals surface area contributed by atoms with Crippen LogP contribution in [0, 0.1) is 12.8 Å². The summed E-state index contributed by atoms with van der Waals surface area (Å²) in [4.78, 5) is 21.1. The van der Waals surface area contributed by atoms with Crippen LogP contribution in [0.4, 0.5) is 0 Å². The second-order valence-corrected chi connectivity index (χ2v) is 4.66. The van der Waals surface area contributed by atoms with E-state index in [0.717, 1.165) is 11.3 Å². The summed E-state index contributed by atoms with van der Waals surface area (Å²) < 4.78 is 1.87. The summed E-state index contributed by atoms with van der Waals surface area (Å²) in [5, 5.41) is 0. The van der Waals surface area contributed by atoms with Crippen LogP contribution in [0.15, 0.2) is 24.4 Å². The van der Waals surface area contributed by atoms with Crippen molar-refractivity contribution in [2.75, 3.05) is 6.61 Å². The Morgan fingerprint density at radius 3 is 2.94 bits per heavy atom. The molecule has 0 spiro atoms. The maximum absolute atomic E-state index is 11.8. The number of nitrogens with one attached hydrogen (secondary N) is 1. The van der Waals surface area contributed by atoms with Crippen LogP contribution >= 0.6 is 0 Å². The summed E-state index contributed by atoms with van der Waals surface area (Å²) in [5.74, 6) is 0.0485. The number of hydroxylamine groups is 1. The Morgan fingerprint density at radius 1 is 1.50 bits per heavy atom. The van der Waals surface area contributed by atoms with Crippen molar-refractivity contribution < 1.29 is 9.63 Å². The van der Waals surface area contributed by atoms with Gasteiger partial charge in [-0.1, -0.05) is 19.9 Å². The molecule has 0 atom stereocenters. The van der Waals surface area contributed by atoms with Gasteiger partial charge in [0.15, 0.2) is 0 Å². The molecule has 1 N–H and O–H groups in total. The Balaban J connectivity index is 2.11. The molecule has 0 saturated carbocycles. The lowest BCUT2D eigenvalue weighted by atomic mass is 10.2. The fourth-order valence-corrected chi connectivity index (χ4v) is 1.58. The molecule has 0 saturated heterocycles. The van der Waals surface area contributed by atoms with Crippen LogP contribution < -0.4 is 5.48 Å². The normalized spacial score (nSPS) is 11.1.